The van der Waals surface area contributed by atoms with Crippen LogP contribution in [0.15, 0.2) is 6.07 Å². The molecule has 2 rings (SSSR count). The molecule has 0 spiro atoms. The number of alkyl halides is 9. The van der Waals surface area contributed by atoms with Gasteiger partial charge in [-0.2, -0.15) is 39.5 Å². The number of carbonyl (C=O) groups excluding carboxylic acids is 1. The molecule has 0 radical (unpaired) electrons. The first-order valence-electron chi connectivity index (χ1n) is 5.96. The second-order valence-electron chi connectivity index (χ2n) is 4.53. The highest BCUT2D eigenvalue weighted by molar-refractivity contribution is 5.75. The van der Waals surface area contributed by atoms with E-state index in [2.05, 4.69) is 14.8 Å². The number of aromatic nitrogens is 3. The van der Waals surface area contributed by atoms with Gasteiger partial charge in [-0.25, -0.2) is 14.8 Å². The van der Waals surface area contributed by atoms with Crippen molar-refractivity contribution in [1.29, 1.82) is 0 Å². The van der Waals surface area contributed by atoms with E-state index in [-0.39, 0.29) is 6.07 Å². The molecule has 0 bridgehead atoms. The summed E-state index contributed by atoms with van der Waals surface area (Å²) in [5.74, 6) is -3.42. The van der Waals surface area contributed by atoms with Crippen molar-refractivity contribution < 1.29 is 49.1 Å². The Morgan fingerprint density at radius 1 is 0.960 bits per heavy atom. The van der Waals surface area contributed by atoms with Crippen molar-refractivity contribution in [2.45, 2.75) is 25.5 Å². The van der Waals surface area contributed by atoms with E-state index in [4.69, 9.17) is 0 Å². The molecule has 0 aliphatic carbocycles. The standard InChI is InChI=1S/C11H4F9N3O2/c1-3(24)25-23-5-2-4(9(12,13)14)6(10(15,16)17)21-7(5)22-8(23)11(18,19)20/h2H,1H3. The van der Waals surface area contributed by atoms with Gasteiger partial charge in [0.25, 0.3) is 5.82 Å². The average molecular weight is 381 g/mol. The van der Waals surface area contributed by atoms with E-state index in [0.717, 1.165) is 0 Å². The van der Waals surface area contributed by atoms with Gasteiger partial charge in [0, 0.05) is 6.92 Å². The smallest absolute Gasteiger partial charge is 0.335 e. The molecule has 5 nitrogen and oxygen atoms in total. The van der Waals surface area contributed by atoms with Gasteiger partial charge in [0.15, 0.2) is 11.3 Å². The summed E-state index contributed by atoms with van der Waals surface area (Å²) >= 11 is 0. The number of carbonyl (C=O) groups is 1. The Balaban J connectivity index is 2.92. The van der Waals surface area contributed by atoms with Crippen molar-refractivity contribution in [1.82, 2.24) is 14.7 Å². The highest BCUT2D eigenvalue weighted by Crippen LogP contribution is 2.41. The van der Waals surface area contributed by atoms with Crippen LogP contribution in [0.3, 0.4) is 0 Å². The number of hydrogen-bond donors (Lipinski definition) is 0. The molecule has 0 fully saturated rings. The highest BCUT2D eigenvalue weighted by atomic mass is 19.4. The summed E-state index contributed by atoms with van der Waals surface area (Å²) in [6.07, 6.45) is -16.5. The van der Waals surface area contributed by atoms with Crippen LogP contribution in [0.2, 0.25) is 0 Å². The molecule has 2 aromatic rings. The van der Waals surface area contributed by atoms with Crippen LogP contribution in [0.5, 0.6) is 0 Å². The normalized spacial score (nSPS) is 13.4. The fraction of sp³-hybridized carbons (Fsp3) is 0.364. The molecule has 0 aliphatic rings. The van der Waals surface area contributed by atoms with Crippen LogP contribution in [0.4, 0.5) is 39.5 Å². The third-order valence-electron chi connectivity index (χ3n) is 2.65. The number of rotatable bonds is 1. The summed E-state index contributed by atoms with van der Waals surface area (Å²) < 4.78 is 115. The van der Waals surface area contributed by atoms with Crippen molar-refractivity contribution >= 4 is 17.1 Å². The molecular weight excluding hydrogens is 377 g/mol. The summed E-state index contributed by atoms with van der Waals surface area (Å²) in [5, 5.41) is 0. The van der Waals surface area contributed by atoms with Gasteiger partial charge in [-0.3, -0.25) is 0 Å². The van der Waals surface area contributed by atoms with Crippen LogP contribution in [-0.2, 0) is 23.3 Å². The Morgan fingerprint density at radius 2 is 1.52 bits per heavy atom. The maximum atomic E-state index is 12.9. The van der Waals surface area contributed by atoms with Crippen LogP contribution in [0.1, 0.15) is 24.0 Å². The predicted molar refractivity (Wildman–Crippen MR) is 59.8 cm³/mol. The van der Waals surface area contributed by atoms with Crippen LogP contribution in [0, 0.1) is 0 Å². The lowest BCUT2D eigenvalue weighted by Gasteiger charge is -2.14. The number of hydrogen-bond acceptors (Lipinski definition) is 4. The molecule has 0 unspecified atom stereocenters. The maximum Gasteiger partial charge on any atom is 0.453 e. The zero-order valence-corrected chi connectivity index (χ0v) is 11.6. The van der Waals surface area contributed by atoms with Crippen LogP contribution in [-0.4, -0.2) is 20.7 Å². The fourth-order valence-corrected chi connectivity index (χ4v) is 1.82. The zero-order chi connectivity index (χ0) is 19.4. The van der Waals surface area contributed by atoms with Gasteiger partial charge in [0.1, 0.15) is 5.52 Å². The lowest BCUT2D eigenvalue weighted by Crippen LogP contribution is -2.24. The molecule has 25 heavy (non-hydrogen) atoms. The van der Waals surface area contributed by atoms with Gasteiger partial charge in [-0.15, -0.1) is 4.73 Å². The molecule has 14 heteroatoms. The van der Waals surface area contributed by atoms with E-state index in [1.807, 2.05) is 0 Å². The van der Waals surface area contributed by atoms with Gasteiger partial charge in [0.2, 0.25) is 0 Å². The van der Waals surface area contributed by atoms with E-state index in [1.54, 1.807) is 0 Å². The van der Waals surface area contributed by atoms with Crippen LogP contribution < -0.4 is 4.84 Å². The second kappa shape index (κ2) is 5.49. The minimum Gasteiger partial charge on any atom is -0.335 e. The number of fused-ring (bicyclic) bond motifs is 1. The van der Waals surface area contributed by atoms with Crippen molar-refractivity contribution in [3.8, 4) is 0 Å². The number of imidazole rings is 1. The fourth-order valence-electron chi connectivity index (χ4n) is 1.82. The number of halogens is 9. The van der Waals surface area contributed by atoms with Gasteiger partial charge >= 0.3 is 24.5 Å². The van der Waals surface area contributed by atoms with Crippen LogP contribution in [0.25, 0.3) is 11.2 Å². The molecule has 138 valence electrons. The van der Waals surface area contributed by atoms with Crippen molar-refractivity contribution in [2.75, 3.05) is 0 Å². The van der Waals surface area contributed by atoms with E-state index in [0.29, 0.717) is 6.92 Å². The summed E-state index contributed by atoms with van der Waals surface area (Å²) in [4.78, 5) is 20.3. The quantitative estimate of drug-likeness (QED) is 0.710. The van der Waals surface area contributed by atoms with Gasteiger partial charge in [-0.05, 0) is 6.07 Å². The Hall–Kier alpha value is -2.54. The van der Waals surface area contributed by atoms with Crippen molar-refractivity contribution in [2.24, 2.45) is 0 Å². The summed E-state index contributed by atoms with van der Waals surface area (Å²) in [7, 11) is 0. The molecular formula is C11H4F9N3O2. The molecule has 0 saturated heterocycles. The Labute approximate surface area is 131 Å². The summed E-state index contributed by atoms with van der Waals surface area (Å²) in [6, 6.07) is -0.268. The Kier molecular flexibility index (Phi) is 4.13. The monoisotopic (exact) mass is 381 g/mol. The molecule has 0 amide bonds. The number of nitrogens with zero attached hydrogens (tertiary/aromatic N) is 3. The maximum absolute atomic E-state index is 12.9. The molecule has 0 aliphatic heterocycles. The van der Waals surface area contributed by atoms with E-state index < -0.39 is 57.5 Å². The molecule has 0 aromatic carbocycles. The summed E-state index contributed by atoms with van der Waals surface area (Å²) in [5.41, 5.74) is -7.35. The third-order valence-corrected chi connectivity index (χ3v) is 2.65. The molecule has 2 aromatic heterocycles. The zero-order valence-electron chi connectivity index (χ0n) is 11.6. The number of pyridine rings is 1. The van der Waals surface area contributed by atoms with Crippen molar-refractivity contribution in [3.63, 3.8) is 0 Å². The minimum absolute atomic E-state index is 0.268. The molecule has 0 N–H and O–H groups in total. The van der Waals surface area contributed by atoms with E-state index in [9.17, 15) is 44.3 Å². The Bertz CT molecular complexity index is 832. The van der Waals surface area contributed by atoms with Gasteiger partial charge in [-0.1, -0.05) is 0 Å². The minimum atomic E-state index is -5.61. The lowest BCUT2D eigenvalue weighted by atomic mass is 10.1. The molecule has 0 atom stereocenters. The largest absolute Gasteiger partial charge is 0.453 e. The van der Waals surface area contributed by atoms with Crippen LogP contribution >= 0.6 is 0 Å². The third kappa shape index (κ3) is 3.61. The SMILES string of the molecule is CC(=O)On1c(C(F)(F)F)nc2nc(C(F)(F)F)c(C(F)(F)F)cc21. The van der Waals surface area contributed by atoms with E-state index >= 15 is 0 Å². The topological polar surface area (TPSA) is 57.0 Å². The predicted octanol–water partition coefficient (Wildman–Crippen LogP) is 3.46. The Morgan fingerprint density at radius 3 is 1.92 bits per heavy atom. The first-order chi connectivity index (χ1) is 11.1. The second-order valence-corrected chi connectivity index (χ2v) is 4.53. The van der Waals surface area contributed by atoms with E-state index in [1.165, 1.54) is 0 Å². The first kappa shape index (κ1) is 18.8. The van der Waals surface area contributed by atoms with Gasteiger partial charge < -0.3 is 4.84 Å². The van der Waals surface area contributed by atoms with Gasteiger partial charge in [0.05, 0.1) is 5.56 Å². The first-order valence-corrected chi connectivity index (χ1v) is 5.96. The average Bonchev–Trinajstić information content (AvgIpc) is 2.73. The molecule has 2 heterocycles. The highest BCUT2D eigenvalue weighted by Gasteiger charge is 2.47. The van der Waals surface area contributed by atoms with Crippen molar-refractivity contribution in [3.05, 3.63) is 23.1 Å². The molecule has 0 saturated carbocycles. The summed E-state index contributed by atoms with van der Waals surface area (Å²) in [6.45, 7) is 0.633. The lowest BCUT2D eigenvalue weighted by molar-refractivity contribution is -0.164.